The van der Waals surface area contributed by atoms with Crippen molar-refractivity contribution in [3.05, 3.63) is 39.1 Å². The molecule has 2 aromatic rings. The van der Waals surface area contributed by atoms with Crippen molar-refractivity contribution in [3.8, 4) is 0 Å². The second-order valence-corrected chi connectivity index (χ2v) is 6.68. The summed E-state index contributed by atoms with van der Waals surface area (Å²) in [6.07, 6.45) is 0. The molecule has 20 heavy (non-hydrogen) atoms. The third kappa shape index (κ3) is 2.67. The molecule has 2 rings (SSSR count). The number of aromatic nitrogens is 2. The Labute approximate surface area is 128 Å². The number of alkyl halides is 1. The van der Waals surface area contributed by atoms with E-state index in [1.54, 1.807) is 18.3 Å². The zero-order valence-corrected chi connectivity index (χ0v) is 14.0. The maximum atomic E-state index is 12.1. The Morgan fingerprint density at radius 1 is 1.35 bits per heavy atom. The van der Waals surface area contributed by atoms with E-state index >= 15 is 0 Å². The van der Waals surface area contributed by atoms with E-state index in [2.05, 4.69) is 16.5 Å². The van der Waals surface area contributed by atoms with Crippen LogP contribution < -0.4 is 0 Å². The SMILES string of the molecule is Cc1csc(C(C)n2c(C)cc(C(=O)C(C)Cl)c2C)n1. The summed E-state index contributed by atoms with van der Waals surface area (Å²) in [6.45, 7) is 9.79. The van der Waals surface area contributed by atoms with Gasteiger partial charge in [0.15, 0.2) is 5.78 Å². The number of carbonyl (C=O) groups excluding carboxylic acids is 1. The molecule has 0 aliphatic rings. The average Bonchev–Trinajstić information content (AvgIpc) is 2.92. The summed E-state index contributed by atoms with van der Waals surface area (Å²) in [4.78, 5) is 16.7. The minimum atomic E-state index is -0.499. The van der Waals surface area contributed by atoms with Crippen LogP contribution in [0.4, 0.5) is 0 Å². The summed E-state index contributed by atoms with van der Waals surface area (Å²) < 4.78 is 2.16. The van der Waals surface area contributed by atoms with Gasteiger partial charge >= 0.3 is 0 Å². The lowest BCUT2D eigenvalue weighted by molar-refractivity contribution is 0.0991. The molecule has 0 aliphatic carbocycles. The fourth-order valence-electron chi connectivity index (χ4n) is 2.51. The molecular weight excluding hydrogens is 292 g/mol. The van der Waals surface area contributed by atoms with Crippen LogP contribution >= 0.6 is 22.9 Å². The van der Waals surface area contributed by atoms with Gasteiger partial charge in [-0.05, 0) is 40.7 Å². The number of halogens is 1. The number of thiazole rings is 1. The van der Waals surface area contributed by atoms with E-state index in [0.717, 1.165) is 22.1 Å². The Morgan fingerprint density at radius 2 is 2.00 bits per heavy atom. The van der Waals surface area contributed by atoms with Gasteiger partial charge in [-0.1, -0.05) is 0 Å². The Bertz CT molecular complexity index is 642. The Balaban J connectivity index is 2.45. The lowest BCUT2D eigenvalue weighted by Crippen LogP contribution is -2.14. The third-order valence-electron chi connectivity index (χ3n) is 3.49. The van der Waals surface area contributed by atoms with Crippen molar-refractivity contribution in [1.82, 2.24) is 9.55 Å². The molecule has 2 unspecified atom stereocenters. The summed E-state index contributed by atoms with van der Waals surface area (Å²) in [5.41, 5.74) is 3.76. The van der Waals surface area contributed by atoms with Crippen LogP contribution in [0.3, 0.4) is 0 Å². The number of hydrogen-bond donors (Lipinski definition) is 0. The van der Waals surface area contributed by atoms with E-state index in [0.29, 0.717) is 5.56 Å². The van der Waals surface area contributed by atoms with Gasteiger partial charge in [0, 0.05) is 28.0 Å². The highest BCUT2D eigenvalue weighted by atomic mass is 35.5. The number of hydrogen-bond acceptors (Lipinski definition) is 3. The van der Waals surface area contributed by atoms with Crippen LogP contribution in [0.5, 0.6) is 0 Å². The van der Waals surface area contributed by atoms with E-state index < -0.39 is 5.38 Å². The van der Waals surface area contributed by atoms with Crippen molar-refractivity contribution in [2.75, 3.05) is 0 Å². The van der Waals surface area contributed by atoms with Gasteiger partial charge in [0.25, 0.3) is 0 Å². The van der Waals surface area contributed by atoms with Crippen molar-refractivity contribution >= 4 is 28.7 Å². The Hall–Kier alpha value is -1.13. The first kappa shape index (κ1) is 15.3. The molecule has 0 amide bonds. The standard InChI is InChI=1S/C15H19ClN2OS/c1-8-7-20-15(17-8)12(5)18-9(2)6-13(11(18)4)14(19)10(3)16/h6-7,10,12H,1-5H3. The van der Waals surface area contributed by atoms with Crippen LogP contribution in [0.25, 0.3) is 0 Å². The smallest absolute Gasteiger partial charge is 0.182 e. The minimum absolute atomic E-state index is 0.0199. The fraction of sp³-hybridized carbons (Fsp3) is 0.467. The van der Waals surface area contributed by atoms with Crippen molar-refractivity contribution in [3.63, 3.8) is 0 Å². The quantitative estimate of drug-likeness (QED) is 0.623. The van der Waals surface area contributed by atoms with Crippen molar-refractivity contribution < 1.29 is 4.79 Å². The van der Waals surface area contributed by atoms with Crippen molar-refractivity contribution in [2.45, 2.75) is 46.0 Å². The molecule has 3 nitrogen and oxygen atoms in total. The first-order valence-electron chi connectivity index (χ1n) is 6.61. The summed E-state index contributed by atoms with van der Waals surface area (Å²) in [7, 11) is 0. The van der Waals surface area contributed by atoms with Gasteiger partial charge in [-0.15, -0.1) is 22.9 Å². The normalized spacial score (nSPS) is 14.3. The average molecular weight is 311 g/mol. The molecular formula is C15H19ClN2OS. The Morgan fingerprint density at radius 3 is 2.50 bits per heavy atom. The summed E-state index contributed by atoms with van der Waals surface area (Å²) in [5, 5.41) is 2.61. The second-order valence-electron chi connectivity index (χ2n) is 5.14. The van der Waals surface area contributed by atoms with E-state index in [4.69, 9.17) is 11.6 Å². The molecule has 0 saturated carbocycles. The lowest BCUT2D eigenvalue weighted by atomic mass is 10.1. The molecule has 0 N–H and O–H groups in total. The van der Waals surface area contributed by atoms with Crippen LogP contribution in [-0.4, -0.2) is 20.7 Å². The maximum Gasteiger partial charge on any atom is 0.182 e. The first-order valence-corrected chi connectivity index (χ1v) is 7.93. The van der Waals surface area contributed by atoms with Crippen LogP contribution in [0.15, 0.2) is 11.4 Å². The van der Waals surface area contributed by atoms with Crippen molar-refractivity contribution in [2.24, 2.45) is 0 Å². The highest BCUT2D eigenvalue weighted by Crippen LogP contribution is 2.28. The van der Waals surface area contributed by atoms with E-state index in [1.165, 1.54) is 0 Å². The molecule has 0 radical (unpaired) electrons. The number of nitrogens with zero attached hydrogens (tertiary/aromatic N) is 2. The Kier molecular flexibility index (Phi) is 4.35. The predicted octanol–water partition coefficient (Wildman–Crippen LogP) is 4.29. The van der Waals surface area contributed by atoms with Crippen LogP contribution in [0.2, 0.25) is 0 Å². The highest BCUT2D eigenvalue weighted by Gasteiger charge is 2.23. The zero-order chi connectivity index (χ0) is 15.0. The van der Waals surface area contributed by atoms with Crippen LogP contribution in [0.1, 0.15) is 52.3 Å². The second kappa shape index (κ2) is 5.70. The monoisotopic (exact) mass is 310 g/mol. The van der Waals surface area contributed by atoms with Gasteiger partial charge in [0.1, 0.15) is 5.01 Å². The fourth-order valence-corrected chi connectivity index (χ4v) is 3.47. The maximum absolute atomic E-state index is 12.1. The van der Waals surface area contributed by atoms with E-state index in [9.17, 15) is 4.79 Å². The van der Waals surface area contributed by atoms with Gasteiger partial charge in [0.05, 0.1) is 11.4 Å². The molecule has 2 atom stereocenters. The number of aryl methyl sites for hydroxylation is 2. The summed E-state index contributed by atoms with van der Waals surface area (Å²) >= 11 is 7.58. The number of Topliss-reactive ketones (excluding diaryl/α,β-unsaturated/α-hetero) is 1. The number of carbonyl (C=O) groups is 1. The summed E-state index contributed by atoms with van der Waals surface area (Å²) in [5.74, 6) is -0.0199. The molecule has 108 valence electrons. The van der Waals surface area contributed by atoms with Gasteiger partial charge in [-0.25, -0.2) is 4.98 Å². The topological polar surface area (TPSA) is 34.9 Å². The molecule has 2 aromatic heterocycles. The molecule has 0 spiro atoms. The molecule has 2 heterocycles. The van der Waals surface area contributed by atoms with Crippen LogP contribution in [-0.2, 0) is 0 Å². The van der Waals surface area contributed by atoms with Gasteiger partial charge in [-0.3, -0.25) is 4.79 Å². The molecule has 0 aromatic carbocycles. The third-order valence-corrected chi connectivity index (χ3v) is 4.82. The van der Waals surface area contributed by atoms with Gasteiger partial charge in [0.2, 0.25) is 0 Å². The number of rotatable bonds is 4. The zero-order valence-electron chi connectivity index (χ0n) is 12.4. The van der Waals surface area contributed by atoms with Gasteiger partial charge in [-0.2, -0.15) is 0 Å². The highest BCUT2D eigenvalue weighted by molar-refractivity contribution is 7.09. The van der Waals surface area contributed by atoms with E-state index in [1.807, 2.05) is 32.2 Å². The minimum Gasteiger partial charge on any atom is -0.339 e. The summed E-state index contributed by atoms with van der Waals surface area (Å²) in [6, 6.07) is 2.05. The van der Waals surface area contributed by atoms with Crippen molar-refractivity contribution in [1.29, 1.82) is 0 Å². The molecule has 0 aliphatic heterocycles. The molecule has 0 fully saturated rings. The number of ketones is 1. The largest absolute Gasteiger partial charge is 0.339 e. The van der Waals surface area contributed by atoms with Gasteiger partial charge < -0.3 is 4.57 Å². The lowest BCUT2D eigenvalue weighted by Gasteiger charge is -2.16. The predicted molar refractivity (Wildman–Crippen MR) is 84.2 cm³/mol. The molecule has 5 heteroatoms. The van der Waals surface area contributed by atoms with E-state index in [-0.39, 0.29) is 11.8 Å². The molecule has 0 saturated heterocycles. The van der Waals surface area contributed by atoms with Crippen LogP contribution in [0, 0.1) is 20.8 Å². The molecule has 0 bridgehead atoms. The first-order chi connectivity index (χ1) is 9.32.